The molecule has 9 nitrogen and oxygen atoms in total. The van der Waals surface area contributed by atoms with Gasteiger partial charge in [0.05, 0.1) is 22.2 Å². The fourth-order valence-electron chi connectivity index (χ4n) is 4.72. The Hall–Kier alpha value is -3.31. The van der Waals surface area contributed by atoms with E-state index in [1.165, 1.54) is 16.2 Å². The molecule has 1 unspecified atom stereocenters. The lowest BCUT2D eigenvalue weighted by Crippen LogP contribution is -2.59. The first-order valence-electron chi connectivity index (χ1n) is 13.4. The maximum atomic E-state index is 14.4. The van der Waals surface area contributed by atoms with Crippen LogP contribution in [0.1, 0.15) is 51.3 Å². The third-order valence-corrected chi connectivity index (χ3v) is 8.21. The van der Waals surface area contributed by atoms with E-state index in [0.29, 0.717) is 5.75 Å². The summed E-state index contributed by atoms with van der Waals surface area (Å²) in [6.45, 7) is 11.3. The van der Waals surface area contributed by atoms with E-state index in [-0.39, 0.29) is 39.0 Å². The minimum Gasteiger partial charge on any atom is -0.489 e. The van der Waals surface area contributed by atoms with Crippen molar-refractivity contribution in [1.29, 1.82) is 0 Å². The summed E-state index contributed by atoms with van der Waals surface area (Å²) in [4.78, 5) is 46.0. The number of carbonyl (C=O) groups excluding carboxylic acids is 3. The molecule has 0 radical (unpaired) electrons. The number of amides is 3. The second-order valence-electron chi connectivity index (χ2n) is 11.5. The van der Waals surface area contributed by atoms with Gasteiger partial charge in [0.2, 0.25) is 11.8 Å². The molecule has 3 N–H and O–H groups in total. The average molecular weight is 573 g/mol. The van der Waals surface area contributed by atoms with Crippen LogP contribution >= 0.6 is 11.3 Å². The Bertz CT molecular complexity index is 1290. The third kappa shape index (κ3) is 6.52. The van der Waals surface area contributed by atoms with E-state index in [1.54, 1.807) is 32.4 Å². The van der Waals surface area contributed by atoms with Crippen molar-refractivity contribution in [3.63, 3.8) is 0 Å². The molecule has 1 aliphatic carbocycles. The lowest BCUT2D eigenvalue weighted by molar-refractivity contribution is -0.145. The van der Waals surface area contributed by atoms with Crippen LogP contribution in [-0.4, -0.2) is 69.7 Å². The number of aliphatic hydroxyl groups is 1. The SMILES string of the molecule is C=CCOc1cc(-c2scnc2C)ccc1CNC(=O)C1C[C@@H](O)CN1C(=O)[C@@H](NC(=O)C1(F)CC1)C(C)(C)C. The maximum Gasteiger partial charge on any atom is 0.258 e. The molecule has 1 aliphatic heterocycles. The molecule has 0 spiro atoms. The van der Waals surface area contributed by atoms with E-state index in [9.17, 15) is 23.9 Å². The number of β-amino-alcohol motifs (C(OH)–C–C–N with tert-alkyl or cyclic N) is 1. The number of aryl methyl sites for hydroxylation is 1. The summed E-state index contributed by atoms with van der Waals surface area (Å²) >= 11 is 1.53. The zero-order valence-corrected chi connectivity index (χ0v) is 24.1. The molecule has 2 fully saturated rings. The molecule has 1 saturated heterocycles. The summed E-state index contributed by atoms with van der Waals surface area (Å²) in [5.41, 5.74) is 1.68. The number of aromatic nitrogens is 1. The van der Waals surface area contributed by atoms with Crippen LogP contribution in [0, 0.1) is 12.3 Å². The molecule has 11 heteroatoms. The van der Waals surface area contributed by atoms with E-state index < -0.39 is 47.0 Å². The van der Waals surface area contributed by atoms with Crippen LogP contribution in [0.25, 0.3) is 10.4 Å². The molecule has 3 atom stereocenters. The maximum absolute atomic E-state index is 14.4. The van der Waals surface area contributed by atoms with E-state index in [1.807, 2.05) is 25.1 Å². The number of hydrogen-bond acceptors (Lipinski definition) is 7. The first-order chi connectivity index (χ1) is 18.8. The van der Waals surface area contributed by atoms with Gasteiger partial charge in [-0.25, -0.2) is 9.37 Å². The number of nitrogens with one attached hydrogen (secondary N) is 2. The highest BCUT2D eigenvalue weighted by Gasteiger charge is 2.53. The minimum absolute atomic E-state index is 0.0544. The monoisotopic (exact) mass is 572 g/mol. The van der Waals surface area contributed by atoms with Gasteiger partial charge in [-0.1, -0.05) is 45.6 Å². The van der Waals surface area contributed by atoms with Crippen molar-refractivity contribution < 1.29 is 28.6 Å². The predicted molar refractivity (Wildman–Crippen MR) is 150 cm³/mol. The number of nitrogens with zero attached hydrogens (tertiary/aromatic N) is 2. The molecule has 2 aliphatic rings. The highest BCUT2D eigenvalue weighted by atomic mass is 32.1. The Morgan fingerprint density at radius 3 is 2.67 bits per heavy atom. The van der Waals surface area contributed by atoms with Crippen LogP contribution in [0.3, 0.4) is 0 Å². The largest absolute Gasteiger partial charge is 0.489 e. The molecular formula is C29H37FN4O5S. The standard InChI is InChI=1S/C29H37FN4O5S/c1-6-11-39-22-12-18(23-17(2)32-16-40-23)7-8-19(22)14-31-25(36)21-13-20(35)15-34(21)26(37)24(28(3,4)5)33-27(38)29(30)9-10-29/h6-8,12,16,20-21,24,35H,1,9-11,13-15H2,2-5H3,(H,31,36)(H,33,38)/t20-,21?,24-/m1/s1. The second kappa shape index (κ2) is 11.7. The van der Waals surface area contributed by atoms with Crippen molar-refractivity contribution in [2.45, 2.75) is 77.4 Å². The Kier molecular flexibility index (Phi) is 8.65. The van der Waals surface area contributed by atoms with Gasteiger partial charge in [-0.15, -0.1) is 11.3 Å². The van der Waals surface area contributed by atoms with Crippen molar-refractivity contribution in [3.8, 4) is 16.2 Å². The summed E-state index contributed by atoms with van der Waals surface area (Å²) in [7, 11) is 0. The number of rotatable bonds is 10. The van der Waals surface area contributed by atoms with Crippen molar-refractivity contribution in [1.82, 2.24) is 20.5 Å². The van der Waals surface area contributed by atoms with Crippen molar-refractivity contribution >= 4 is 29.1 Å². The molecule has 2 heterocycles. The molecule has 216 valence electrons. The Balaban J connectivity index is 1.49. The molecule has 1 aromatic heterocycles. The van der Waals surface area contributed by atoms with Crippen molar-refractivity contribution in [3.05, 3.63) is 47.6 Å². The number of thiazole rings is 1. The van der Waals surface area contributed by atoms with Crippen molar-refractivity contribution in [2.75, 3.05) is 13.2 Å². The number of aliphatic hydroxyl groups excluding tert-OH is 1. The lowest BCUT2D eigenvalue weighted by atomic mass is 9.85. The highest BCUT2D eigenvalue weighted by Crippen LogP contribution is 2.40. The molecule has 40 heavy (non-hydrogen) atoms. The summed E-state index contributed by atoms with van der Waals surface area (Å²) < 4.78 is 20.3. The predicted octanol–water partition coefficient (Wildman–Crippen LogP) is 3.29. The van der Waals surface area contributed by atoms with Gasteiger partial charge in [-0.3, -0.25) is 14.4 Å². The third-order valence-electron chi connectivity index (χ3n) is 7.23. The van der Waals surface area contributed by atoms with Crippen LogP contribution in [0.15, 0.2) is 36.4 Å². The minimum atomic E-state index is -1.94. The number of halogens is 1. The fraction of sp³-hybridized carbons (Fsp3) is 0.517. The van der Waals surface area contributed by atoms with E-state index in [2.05, 4.69) is 22.2 Å². The molecule has 1 aromatic carbocycles. The van der Waals surface area contributed by atoms with E-state index in [4.69, 9.17) is 4.74 Å². The van der Waals surface area contributed by atoms with Gasteiger partial charge in [0.1, 0.15) is 24.4 Å². The summed E-state index contributed by atoms with van der Waals surface area (Å²) in [5.74, 6) is -1.20. The summed E-state index contributed by atoms with van der Waals surface area (Å²) in [6.07, 6.45) is 1.04. The fourth-order valence-corrected chi connectivity index (χ4v) is 5.52. The van der Waals surface area contributed by atoms with E-state index >= 15 is 0 Å². The van der Waals surface area contributed by atoms with Gasteiger partial charge in [-0.2, -0.15) is 0 Å². The van der Waals surface area contributed by atoms with Crippen LogP contribution in [0.4, 0.5) is 4.39 Å². The molecule has 4 rings (SSSR count). The Morgan fingerprint density at radius 2 is 2.08 bits per heavy atom. The van der Waals surface area contributed by atoms with Gasteiger partial charge in [0.15, 0.2) is 5.67 Å². The second-order valence-corrected chi connectivity index (χ2v) is 12.4. The van der Waals surface area contributed by atoms with Crippen LogP contribution in [0.2, 0.25) is 0 Å². The molecule has 2 aromatic rings. The van der Waals surface area contributed by atoms with Gasteiger partial charge in [0.25, 0.3) is 5.91 Å². The van der Waals surface area contributed by atoms with E-state index in [0.717, 1.165) is 21.7 Å². The Labute approximate surface area is 237 Å². The quantitative estimate of drug-likeness (QED) is 0.376. The number of ether oxygens (including phenoxy) is 1. The van der Waals surface area contributed by atoms with Gasteiger partial charge >= 0.3 is 0 Å². The normalized spacial score (nSPS) is 20.5. The number of benzene rings is 1. The summed E-state index contributed by atoms with van der Waals surface area (Å²) in [6, 6.07) is 3.70. The average Bonchev–Trinajstić information content (AvgIpc) is 3.31. The first kappa shape index (κ1) is 29.7. The number of alkyl halides is 1. The van der Waals surface area contributed by atoms with Crippen LogP contribution in [0.5, 0.6) is 5.75 Å². The van der Waals surface area contributed by atoms with Crippen molar-refractivity contribution in [2.24, 2.45) is 5.41 Å². The molecule has 3 amide bonds. The van der Waals surface area contributed by atoms with Gasteiger partial charge in [0, 0.05) is 25.1 Å². The number of carbonyl (C=O) groups is 3. The zero-order valence-electron chi connectivity index (χ0n) is 23.3. The molecule has 0 bridgehead atoms. The molecular weight excluding hydrogens is 535 g/mol. The number of likely N-dealkylation sites (tertiary alicyclic amines) is 1. The topological polar surface area (TPSA) is 121 Å². The smallest absolute Gasteiger partial charge is 0.258 e. The van der Waals surface area contributed by atoms with Crippen LogP contribution < -0.4 is 15.4 Å². The highest BCUT2D eigenvalue weighted by molar-refractivity contribution is 7.13. The zero-order chi connectivity index (χ0) is 29.2. The van der Waals surface area contributed by atoms with Gasteiger partial charge in [-0.05, 0) is 36.8 Å². The number of hydrogen-bond donors (Lipinski definition) is 3. The lowest BCUT2D eigenvalue weighted by Gasteiger charge is -2.35. The first-order valence-corrected chi connectivity index (χ1v) is 14.2. The Morgan fingerprint density at radius 1 is 1.35 bits per heavy atom. The van der Waals surface area contributed by atoms with Crippen LogP contribution in [-0.2, 0) is 20.9 Å². The summed E-state index contributed by atoms with van der Waals surface area (Å²) in [5, 5.41) is 15.8. The molecule has 1 saturated carbocycles. The van der Waals surface area contributed by atoms with Gasteiger partial charge < -0.3 is 25.4 Å².